The van der Waals surface area contributed by atoms with Crippen molar-refractivity contribution >= 4 is 40.7 Å². The van der Waals surface area contributed by atoms with E-state index in [0.29, 0.717) is 12.3 Å². The van der Waals surface area contributed by atoms with Gasteiger partial charge in [0.15, 0.2) is 5.96 Å². The van der Waals surface area contributed by atoms with Gasteiger partial charge in [-0.2, -0.15) is 0 Å². The largest absolute Gasteiger partial charge is 0.355 e. The Hall–Kier alpha value is -0.630. The van der Waals surface area contributed by atoms with Gasteiger partial charge in [0.1, 0.15) is 0 Å². The molecular weight excluding hydrogens is 397 g/mol. The van der Waals surface area contributed by atoms with Crippen molar-refractivity contribution in [2.24, 2.45) is 4.99 Å². The Morgan fingerprint density at radius 3 is 2.33 bits per heavy atom. The summed E-state index contributed by atoms with van der Waals surface area (Å²) in [5.74, 6) is 1.36. The molecule has 2 N–H and O–H groups in total. The van der Waals surface area contributed by atoms with Crippen molar-refractivity contribution < 1.29 is 4.21 Å². The fourth-order valence-electron chi connectivity index (χ4n) is 1.57. The van der Waals surface area contributed by atoms with E-state index in [2.05, 4.69) is 27.8 Å². The second-order valence-electron chi connectivity index (χ2n) is 5.50. The van der Waals surface area contributed by atoms with Crippen LogP contribution in [0.2, 0.25) is 0 Å². The zero-order chi connectivity index (χ0) is 15.0. The lowest BCUT2D eigenvalue weighted by Crippen LogP contribution is -2.40. The van der Waals surface area contributed by atoms with Crippen LogP contribution in [0.1, 0.15) is 26.3 Å². The third kappa shape index (κ3) is 8.40. The van der Waals surface area contributed by atoms with Gasteiger partial charge in [-0.05, 0) is 26.3 Å². The summed E-state index contributed by atoms with van der Waals surface area (Å²) in [6.07, 6.45) is 0. The summed E-state index contributed by atoms with van der Waals surface area (Å²) in [6.45, 7) is 7.35. The summed E-state index contributed by atoms with van der Waals surface area (Å²) in [5.41, 5.74) is 1.20. The second kappa shape index (κ2) is 10.2. The Morgan fingerprint density at radius 2 is 1.81 bits per heavy atom. The second-order valence-corrected chi connectivity index (χ2v) is 7.82. The van der Waals surface area contributed by atoms with Gasteiger partial charge >= 0.3 is 0 Å². The van der Waals surface area contributed by atoms with Gasteiger partial charge in [-0.1, -0.05) is 30.3 Å². The maximum absolute atomic E-state index is 11.9. The molecule has 0 aliphatic rings. The Kier molecular flexibility index (Phi) is 9.85. The summed E-state index contributed by atoms with van der Waals surface area (Å²) in [7, 11) is 0.896. The molecule has 0 heterocycles. The van der Waals surface area contributed by atoms with Crippen molar-refractivity contribution in [2.45, 2.75) is 32.1 Å². The van der Waals surface area contributed by atoms with E-state index >= 15 is 0 Å². The highest BCUT2D eigenvalue weighted by atomic mass is 127. The topological polar surface area (TPSA) is 53.5 Å². The zero-order valence-electron chi connectivity index (χ0n) is 13.2. The lowest BCUT2D eigenvalue weighted by atomic mass is 10.2. The minimum absolute atomic E-state index is 0. The maximum Gasteiger partial charge on any atom is 0.191 e. The highest BCUT2D eigenvalue weighted by Gasteiger charge is 2.18. The molecule has 6 heteroatoms. The normalized spacial score (nSPS) is 13.2. The van der Waals surface area contributed by atoms with Crippen molar-refractivity contribution in [3.63, 3.8) is 0 Å². The van der Waals surface area contributed by atoms with Crippen molar-refractivity contribution in [3.8, 4) is 0 Å². The number of halogens is 1. The van der Waals surface area contributed by atoms with Gasteiger partial charge in [-0.15, -0.1) is 24.0 Å². The minimum atomic E-state index is -0.841. The van der Waals surface area contributed by atoms with Crippen LogP contribution >= 0.6 is 24.0 Å². The minimum Gasteiger partial charge on any atom is -0.355 e. The molecule has 0 aliphatic heterocycles. The SMILES string of the molecule is CN=C(NCCS(=O)C(C)(C)C)NCc1ccccc1.I. The molecule has 0 saturated carbocycles. The summed E-state index contributed by atoms with van der Waals surface area (Å²) >= 11 is 0. The molecule has 1 atom stereocenters. The van der Waals surface area contributed by atoms with Crippen molar-refractivity contribution in [2.75, 3.05) is 19.3 Å². The molecule has 0 radical (unpaired) electrons. The van der Waals surface area contributed by atoms with Crippen molar-refractivity contribution in [3.05, 3.63) is 35.9 Å². The van der Waals surface area contributed by atoms with Crippen LogP contribution < -0.4 is 10.6 Å². The summed E-state index contributed by atoms with van der Waals surface area (Å²) in [4.78, 5) is 4.16. The van der Waals surface area contributed by atoms with Crippen LogP contribution in [0.5, 0.6) is 0 Å². The molecule has 0 spiro atoms. The first kappa shape index (κ1) is 20.4. The van der Waals surface area contributed by atoms with Crippen LogP contribution in [0.4, 0.5) is 0 Å². The van der Waals surface area contributed by atoms with Gasteiger partial charge in [0.25, 0.3) is 0 Å². The van der Waals surface area contributed by atoms with Gasteiger partial charge in [0, 0.05) is 41.4 Å². The van der Waals surface area contributed by atoms with E-state index in [9.17, 15) is 4.21 Å². The first-order valence-corrected chi connectivity index (χ1v) is 8.12. The van der Waals surface area contributed by atoms with E-state index < -0.39 is 10.8 Å². The van der Waals surface area contributed by atoms with Crippen LogP contribution in [0.3, 0.4) is 0 Å². The monoisotopic (exact) mass is 423 g/mol. The standard InChI is InChI=1S/C15H25N3OS.HI/c1-15(2,3)20(19)11-10-17-14(16-4)18-12-13-8-6-5-7-9-13;/h5-9H,10-12H2,1-4H3,(H2,16,17,18);1H. The summed E-state index contributed by atoms with van der Waals surface area (Å²) in [6, 6.07) is 10.2. The van der Waals surface area contributed by atoms with Crippen LogP contribution in [-0.2, 0) is 17.3 Å². The number of aliphatic imine (C=N–C) groups is 1. The van der Waals surface area contributed by atoms with Gasteiger partial charge in [-0.3, -0.25) is 9.20 Å². The van der Waals surface area contributed by atoms with Gasteiger partial charge in [0.2, 0.25) is 0 Å². The molecule has 0 aromatic heterocycles. The molecule has 4 nitrogen and oxygen atoms in total. The zero-order valence-corrected chi connectivity index (χ0v) is 16.3. The number of hydrogen-bond acceptors (Lipinski definition) is 2. The van der Waals surface area contributed by atoms with Crippen molar-refractivity contribution in [1.82, 2.24) is 10.6 Å². The number of benzene rings is 1. The molecule has 1 unspecified atom stereocenters. The number of nitrogens with zero attached hydrogens (tertiary/aromatic N) is 1. The average Bonchev–Trinajstić information content (AvgIpc) is 2.42. The van der Waals surface area contributed by atoms with Crippen LogP contribution in [-0.4, -0.2) is 34.3 Å². The molecule has 0 amide bonds. The predicted octanol–water partition coefficient (Wildman–Crippen LogP) is 2.52. The van der Waals surface area contributed by atoms with Gasteiger partial charge in [0.05, 0.1) is 0 Å². The van der Waals surface area contributed by atoms with E-state index in [-0.39, 0.29) is 28.7 Å². The molecule has 1 aromatic carbocycles. The van der Waals surface area contributed by atoms with E-state index in [1.165, 1.54) is 5.56 Å². The lowest BCUT2D eigenvalue weighted by Gasteiger charge is -2.18. The molecule has 0 bridgehead atoms. The number of hydrogen-bond donors (Lipinski definition) is 2. The first-order chi connectivity index (χ1) is 9.43. The third-order valence-electron chi connectivity index (χ3n) is 2.79. The fraction of sp³-hybridized carbons (Fsp3) is 0.533. The summed E-state index contributed by atoms with van der Waals surface area (Å²) < 4.78 is 11.8. The molecule has 120 valence electrons. The van der Waals surface area contributed by atoms with Gasteiger partial charge in [-0.25, -0.2) is 0 Å². The highest BCUT2D eigenvalue weighted by Crippen LogP contribution is 2.10. The fourth-order valence-corrected chi connectivity index (χ4v) is 2.47. The molecule has 0 aliphatic carbocycles. The predicted molar refractivity (Wildman–Crippen MR) is 103 cm³/mol. The van der Waals surface area contributed by atoms with E-state index in [4.69, 9.17) is 0 Å². The quantitative estimate of drug-likeness (QED) is 0.435. The third-order valence-corrected chi connectivity index (χ3v) is 4.73. The maximum atomic E-state index is 11.9. The lowest BCUT2D eigenvalue weighted by molar-refractivity contribution is 0.647. The molecule has 1 aromatic rings. The number of rotatable bonds is 5. The summed E-state index contributed by atoms with van der Waals surface area (Å²) in [5, 5.41) is 6.43. The number of nitrogens with one attached hydrogen (secondary N) is 2. The molecular formula is C15H26IN3OS. The van der Waals surface area contributed by atoms with Crippen LogP contribution in [0.25, 0.3) is 0 Å². The Balaban J connectivity index is 0.00000400. The van der Waals surface area contributed by atoms with Crippen LogP contribution in [0.15, 0.2) is 35.3 Å². The molecule has 1 rings (SSSR count). The molecule has 21 heavy (non-hydrogen) atoms. The molecule has 0 fully saturated rings. The average molecular weight is 423 g/mol. The Morgan fingerprint density at radius 1 is 1.19 bits per heavy atom. The Bertz CT molecular complexity index is 458. The first-order valence-electron chi connectivity index (χ1n) is 6.80. The Labute approximate surface area is 147 Å². The molecule has 0 saturated heterocycles. The van der Waals surface area contributed by atoms with E-state index in [1.54, 1.807) is 7.05 Å². The van der Waals surface area contributed by atoms with E-state index in [1.807, 2.05) is 39.0 Å². The number of guanidine groups is 1. The smallest absolute Gasteiger partial charge is 0.191 e. The van der Waals surface area contributed by atoms with Crippen LogP contribution in [0, 0.1) is 0 Å². The van der Waals surface area contributed by atoms with Crippen molar-refractivity contribution in [1.29, 1.82) is 0 Å². The highest BCUT2D eigenvalue weighted by molar-refractivity contribution is 14.0. The van der Waals surface area contributed by atoms with Gasteiger partial charge < -0.3 is 10.6 Å². The van der Waals surface area contributed by atoms with E-state index in [0.717, 1.165) is 12.5 Å².